The predicted octanol–water partition coefficient (Wildman–Crippen LogP) is -0.711. The summed E-state index contributed by atoms with van der Waals surface area (Å²) in [6.07, 6.45) is -11.9. The number of aliphatic hydroxyl groups excluding tert-OH is 1. The molecule has 7 heterocycles. The molecule has 3 aliphatic heterocycles. The lowest BCUT2D eigenvalue weighted by Gasteiger charge is -2.25. The summed E-state index contributed by atoms with van der Waals surface area (Å²) in [5, 5.41) is 10.7. The predicted molar refractivity (Wildman–Crippen MR) is 147 cm³/mol. The Bertz CT molecular complexity index is 2000. The summed E-state index contributed by atoms with van der Waals surface area (Å²) in [5.41, 5.74) is 10.4. The minimum atomic E-state index is -5.18. The SMILES string of the molecule is Nc1nc2c(ncn2[C@@H]2O[C@@H]3COP(=O)(O)O[C@@H]4C(F)[C@H](n5cnc6c(N)nc(Cl)nc65)O[C@@H]4COP(=O)(O)O[C@H]2C3O)c(=O)[nH]1. The Hall–Kier alpha value is -3.18. The van der Waals surface area contributed by atoms with Crippen molar-refractivity contribution in [3.8, 4) is 0 Å². The third-order valence-corrected chi connectivity index (χ3v) is 9.45. The zero-order valence-corrected chi connectivity index (χ0v) is 25.2. The highest BCUT2D eigenvalue weighted by Gasteiger charge is 2.54. The zero-order valence-electron chi connectivity index (χ0n) is 22.6. The number of hydrogen-bond acceptors (Lipinski definition) is 17. The minimum absolute atomic E-state index is 0.0423. The number of nitrogens with one attached hydrogen (secondary N) is 1. The number of H-pyrrole nitrogens is 1. The molecule has 26 heteroatoms. The molecule has 0 radical (unpaired) electrons. The van der Waals surface area contributed by atoms with Gasteiger partial charge >= 0.3 is 15.6 Å². The van der Waals surface area contributed by atoms with Crippen molar-refractivity contribution in [2.24, 2.45) is 0 Å². The van der Waals surface area contributed by atoms with Gasteiger partial charge < -0.3 is 35.8 Å². The molecule has 10 atom stereocenters. The van der Waals surface area contributed by atoms with Crippen LogP contribution in [0.3, 0.4) is 0 Å². The number of aromatic amines is 1. The molecule has 7 rings (SSSR count). The van der Waals surface area contributed by atoms with Crippen molar-refractivity contribution in [3.05, 3.63) is 28.3 Å². The van der Waals surface area contributed by atoms with Crippen LogP contribution in [0.4, 0.5) is 16.2 Å². The quantitative estimate of drug-likeness (QED) is 0.110. The Morgan fingerprint density at radius 1 is 0.913 bits per heavy atom. The number of nitrogens with zero attached hydrogens (tertiary/aromatic N) is 7. The second-order valence-electron chi connectivity index (χ2n) is 10.2. The smallest absolute Gasteiger partial charge is 0.387 e. The van der Waals surface area contributed by atoms with Crippen molar-refractivity contribution in [1.82, 2.24) is 39.0 Å². The topological polar surface area (TPSA) is 309 Å². The van der Waals surface area contributed by atoms with Gasteiger partial charge in [0.2, 0.25) is 11.2 Å². The van der Waals surface area contributed by atoms with E-state index in [4.69, 9.17) is 50.6 Å². The van der Waals surface area contributed by atoms with Crippen molar-refractivity contribution in [2.45, 2.75) is 49.1 Å². The van der Waals surface area contributed by atoms with Gasteiger partial charge in [0.25, 0.3) is 5.56 Å². The lowest BCUT2D eigenvalue weighted by atomic mass is 10.1. The van der Waals surface area contributed by atoms with Crippen LogP contribution in [0.15, 0.2) is 17.4 Å². The highest BCUT2D eigenvalue weighted by Crippen LogP contribution is 2.54. The Balaban J connectivity index is 1.21. The highest BCUT2D eigenvalue weighted by molar-refractivity contribution is 7.47. The number of fused-ring (bicyclic) bond motifs is 5. The molecule has 0 aromatic carbocycles. The fourth-order valence-corrected chi connectivity index (χ4v) is 7.36. The molecular formula is C20H22ClFN10O12P2. The van der Waals surface area contributed by atoms with E-state index in [1.165, 1.54) is 0 Å². The fourth-order valence-electron chi connectivity index (χ4n) is 5.30. The maximum Gasteiger partial charge on any atom is 0.472 e. The Kier molecular flexibility index (Phi) is 7.66. The van der Waals surface area contributed by atoms with Gasteiger partial charge in [-0.3, -0.25) is 37.0 Å². The van der Waals surface area contributed by atoms with Gasteiger partial charge in [0.15, 0.2) is 41.3 Å². The van der Waals surface area contributed by atoms with Gasteiger partial charge in [0.1, 0.15) is 36.0 Å². The molecule has 4 unspecified atom stereocenters. The van der Waals surface area contributed by atoms with Gasteiger partial charge in [-0.15, -0.1) is 0 Å². The summed E-state index contributed by atoms with van der Waals surface area (Å²) in [6.45, 7) is -1.82. The molecule has 2 bridgehead atoms. The molecule has 3 fully saturated rings. The number of hydrogen-bond donors (Lipinski definition) is 6. The highest BCUT2D eigenvalue weighted by atomic mass is 35.5. The van der Waals surface area contributed by atoms with Crippen molar-refractivity contribution in [1.29, 1.82) is 0 Å². The summed E-state index contributed by atoms with van der Waals surface area (Å²) in [7, 11) is -10.4. The molecule has 22 nitrogen and oxygen atoms in total. The van der Waals surface area contributed by atoms with E-state index < -0.39 is 83.6 Å². The van der Waals surface area contributed by atoms with Crippen LogP contribution in [-0.4, -0.2) is 104 Å². The van der Waals surface area contributed by atoms with Gasteiger partial charge in [-0.25, -0.2) is 23.5 Å². The number of imidazole rings is 2. The molecule has 8 N–H and O–H groups in total. The van der Waals surface area contributed by atoms with Crippen LogP contribution < -0.4 is 17.0 Å². The van der Waals surface area contributed by atoms with E-state index in [-0.39, 0.29) is 39.4 Å². The van der Waals surface area contributed by atoms with Gasteiger partial charge in [-0.05, 0) is 11.6 Å². The van der Waals surface area contributed by atoms with E-state index in [0.29, 0.717) is 0 Å². The third kappa shape index (κ3) is 5.47. The van der Waals surface area contributed by atoms with Crippen molar-refractivity contribution < 1.29 is 56.0 Å². The first-order chi connectivity index (χ1) is 21.7. The van der Waals surface area contributed by atoms with Crippen molar-refractivity contribution >= 4 is 61.3 Å². The average molecular weight is 711 g/mol. The van der Waals surface area contributed by atoms with E-state index >= 15 is 4.39 Å². The summed E-state index contributed by atoms with van der Waals surface area (Å²) in [4.78, 5) is 55.4. The van der Waals surface area contributed by atoms with Crippen LogP contribution in [0, 0.1) is 0 Å². The van der Waals surface area contributed by atoms with Crippen LogP contribution in [-0.2, 0) is 36.7 Å². The number of nitrogens with two attached hydrogens (primary N) is 2. The molecule has 0 amide bonds. The Morgan fingerprint density at radius 2 is 1.50 bits per heavy atom. The molecule has 46 heavy (non-hydrogen) atoms. The molecule has 0 saturated carbocycles. The van der Waals surface area contributed by atoms with Crippen LogP contribution in [0.2, 0.25) is 5.28 Å². The normalized spacial score (nSPS) is 37.2. The number of aromatic nitrogens is 8. The zero-order chi connectivity index (χ0) is 32.7. The molecule has 0 aliphatic carbocycles. The number of alkyl halides is 1. The molecule has 248 valence electrons. The lowest BCUT2D eigenvalue weighted by Crippen LogP contribution is -2.35. The second-order valence-corrected chi connectivity index (χ2v) is 13.4. The van der Waals surface area contributed by atoms with Gasteiger partial charge in [0.05, 0.1) is 25.9 Å². The summed E-state index contributed by atoms with van der Waals surface area (Å²) in [5.74, 6) is -0.423. The number of anilines is 2. The first kappa shape index (κ1) is 31.4. The second kappa shape index (κ2) is 11.2. The third-order valence-electron chi connectivity index (χ3n) is 7.31. The summed E-state index contributed by atoms with van der Waals surface area (Å²) < 4.78 is 76.3. The maximum atomic E-state index is 15.9. The van der Waals surface area contributed by atoms with E-state index in [9.17, 15) is 28.8 Å². The van der Waals surface area contributed by atoms with Gasteiger partial charge in [-0.2, -0.15) is 15.0 Å². The minimum Gasteiger partial charge on any atom is -0.387 e. The molecule has 3 saturated heterocycles. The maximum absolute atomic E-state index is 15.9. The Morgan fingerprint density at radius 3 is 2.22 bits per heavy atom. The van der Waals surface area contributed by atoms with Crippen LogP contribution in [0.5, 0.6) is 0 Å². The monoisotopic (exact) mass is 710 g/mol. The molecular weight excluding hydrogens is 689 g/mol. The van der Waals surface area contributed by atoms with Crippen LogP contribution in [0.1, 0.15) is 12.5 Å². The van der Waals surface area contributed by atoms with Gasteiger partial charge in [0, 0.05) is 0 Å². The number of nitrogen functional groups attached to an aromatic ring is 2. The van der Waals surface area contributed by atoms with Crippen LogP contribution >= 0.6 is 27.2 Å². The first-order valence-corrected chi connectivity index (χ1v) is 16.4. The largest absolute Gasteiger partial charge is 0.472 e. The first-order valence-electron chi connectivity index (χ1n) is 13.0. The molecule has 4 aromatic heterocycles. The molecule has 4 aromatic rings. The number of phosphoric acid groups is 2. The lowest BCUT2D eigenvalue weighted by molar-refractivity contribution is -0.0670. The number of aliphatic hydroxyl groups is 1. The van der Waals surface area contributed by atoms with Crippen molar-refractivity contribution in [3.63, 3.8) is 0 Å². The fraction of sp³-hybridized carbons (Fsp3) is 0.500. The number of ether oxygens (including phenoxy) is 2. The Labute approximate surface area is 258 Å². The number of halogens is 2. The molecule has 0 spiro atoms. The van der Waals surface area contributed by atoms with Gasteiger partial charge in [-0.1, -0.05) is 0 Å². The average Bonchev–Trinajstić information content (AvgIpc) is 3.72. The van der Waals surface area contributed by atoms with Crippen LogP contribution in [0.25, 0.3) is 22.3 Å². The standard InChI is InChI=1S/C20H22ClFN10O12P2/c21-19-27-13(23)8-14(28-19)31(3-25-8)17-7(22)11-6(42-17)2-40-46(37,38)44-12-10(33)5(1-39-45(35,36)43-11)41-18(12)32-4-26-9-15(32)29-20(24)30-16(9)34/h3-7,10-12,17-18,33H,1-2H2,(H,35,36)(H,37,38)(H2,23,27,28)(H3,24,29,30,34)/t5-,6-,7?,10?,11+,12+,17-,18-/m1/s1. The van der Waals surface area contributed by atoms with Crippen molar-refractivity contribution in [2.75, 3.05) is 24.7 Å². The number of phosphoric ester groups is 2. The number of rotatable bonds is 2. The van der Waals surface area contributed by atoms with E-state index in [2.05, 4.69) is 29.9 Å². The van der Waals surface area contributed by atoms with E-state index in [1.54, 1.807) is 0 Å². The summed E-state index contributed by atoms with van der Waals surface area (Å²) in [6, 6.07) is 0. The van der Waals surface area contributed by atoms with E-state index in [0.717, 1.165) is 21.8 Å². The molecule has 3 aliphatic rings. The van der Waals surface area contributed by atoms with E-state index in [1.807, 2.05) is 0 Å². The summed E-state index contributed by atoms with van der Waals surface area (Å²) >= 11 is 5.90.